The van der Waals surface area contributed by atoms with Crippen LogP contribution >= 0.6 is 11.3 Å². The van der Waals surface area contributed by atoms with E-state index in [2.05, 4.69) is 10.3 Å². The largest absolute Gasteiger partial charge is 0.368 e. The predicted molar refractivity (Wildman–Crippen MR) is 81.7 cm³/mol. The molecule has 0 radical (unpaired) electrons. The topological polar surface area (TPSA) is 71.2 Å². The monoisotopic (exact) mass is 290 g/mol. The van der Waals surface area contributed by atoms with Crippen LogP contribution in [0.1, 0.15) is 17.3 Å². The molecule has 1 heterocycles. The highest BCUT2D eigenvalue weighted by Crippen LogP contribution is 2.19. The molecule has 0 saturated heterocycles. The maximum atomic E-state index is 11.6. The lowest BCUT2D eigenvalue weighted by Gasteiger charge is -2.15. The lowest BCUT2D eigenvalue weighted by molar-refractivity contribution is -0.120. The molecule has 0 aliphatic carbocycles. The predicted octanol–water partition coefficient (Wildman–Crippen LogP) is 1.53. The van der Waals surface area contributed by atoms with E-state index in [1.54, 1.807) is 11.3 Å². The van der Waals surface area contributed by atoms with E-state index >= 15 is 0 Å². The molecule has 3 N–H and O–H groups in total. The molecule has 1 amide bonds. The Morgan fingerprint density at radius 2 is 2.10 bits per heavy atom. The lowest BCUT2D eigenvalue weighted by atomic mass is 10.1. The molecule has 0 bridgehead atoms. The van der Waals surface area contributed by atoms with Crippen molar-refractivity contribution in [2.75, 3.05) is 19.0 Å². The van der Waals surface area contributed by atoms with Gasteiger partial charge in [-0.2, -0.15) is 0 Å². The van der Waals surface area contributed by atoms with E-state index in [4.69, 9.17) is 5.73 Å². The summed E-state index contributed by atoms with van der Waals surface area (Å²) in [4.78, 5) is 18.0. The van der Waals surface area contributed by atoms with E-state index < -0.39 is 6.04 Å². The minimum atomic E-state index is -0.499. The van der Waals surface area contributed by atoms with Crippen LogP contribution in [0.15, 0.2) is 35.7 Å². The van der Waals surface area contributed by atoms with Crippen molar-refractivity contribution in [2.45, 2.75) is 12.6 Å². The van der Waals surface area contributed by atoms with Crippen LogP contribution < -0.4 is 16.0 Å². The number of amides is 1. The van der Waals surface area contributed by atoms with Gasteiger partial charge in [0.05, 0.1) is 5.69 Å². The summed E-state index contributed by atoms with van der Waals surface area (Å²) in [6.45, 7) is 0.507. The Balaban J connectivity index is 2.04. The van der Waals surface area contributed by atoms with Crippen LogP contribution in [0.25, 0.3) is 0 Å². The maximum Gasteiger partial charge on any atom is 0.239 e. The molecular weight excluding hydrogens is 272 g/mol. The summed E-state index contributed by atoms with van der Waals surface area (Å²) in [7, 11) is 3.90. The van der Waals surface area contributed by atoms with Gasteiger partial charge in [0.2, 0.25) is 5.91 Å². The Labute approximate surface area is 122 Å². The van der Waals surface area contributed by atoms with Crippen LogP contribution in [0.3, 0.4) is 0 Å². The SMILES string of the molecule is CN(C)c1nc(CNC(C(N)=O)c2ccccc2)cs1. The number of hydrogen-bond acceptors (Lipinski definition) is 5. The lowest BCUT2D eigenvalue weighted by Crippen LogP contribution is -2.33. The number of carbonyl (C=O) groups is 1. The fraction of sp³-hybridized carbons (Fsp3) is 0.286. The number of nitrogens with two attached hydrogens (primary N) is 1. The third-order valence-electron chi connectivity index (χ3n) is 2.83. The molecule has 2 rings (SSSR count). The summed E-state index contributed by atoms with van der Waals surface area (Å²) in [6, 6.07) is 8.95. The molecule has 0 saturated carbocycles. The van der Waals surface area contributed by atoms with Crippen molar-refractivity contribution >= 4 is 22.4 Å². The van der Waals surface area contributed by atoms with E-state index in [0.29, 0.717) is 6.54 Å². The number of primary amides is 1. The van der Waals surface area contributed by atoms with Gasteiger partial charge in [0.15, 0.2) is 5.13 Å². The van der Waals surface area contributed by atoms with Gasteiger partial charge in [-0.1, -0.05) is 30.3 Å². The first kappa shape index (κ1) is 14.5. The summed E-state index contributed by atoms with van der Waals surface area (Å²) in [6.07, 6.45) is 0. The Morgan fingerprint density at radius 1 is 1.40 bits per heavy atom. The molecular formula is C14H18N4OS. The van der Waals surface area contributed by atoms with Gasteiger partial charge in [-0.3, -0.25) is 10.1 Å². The summed E-state index contributed by atoms with van der Waals surface area (Å²) >= 11 is 1.57. The number of nitrogens with one attached hydrogen (secondary N) is 1. The minimum Gasteiger partial charge on any atom is -0.368 e. The van der Waals surface area contributed by atoms with Gasteiger partial charge in [0.25, 0.3) is 0 Å². The number of anilines is 1. The van der Waals surface area contributed by atoms with Crippen LogP contribution in [-0.2, 0) is 11.3 Å². The first-order valence-electron chi connectivity index (χ1n) is 6.27. The summed E-state index contributed by atoms with van der Waals surface area (Å²) in [5.74, 6) is -0.390. The van der Waals surface area contributed by atoms with E-state index in [1.165, 1.54) is 0 Å². The van der Waals surface area contributed by atoms with Gasteiger partial charge in [-0.05, 0) is 5.56 Å². The van der Waals surface area contributed by atoms with Gasteiger partial charge < -0.3 is 10.6 Å². The first-order chi connectivity index (χ1) is 9.58. The number of rotatable bonds is 6. The Hall–Kier alpha value is -1.92. The third-order valence-corrected chi connectivity index (χ3v) is 3.88. The van der Waals surface area contributed by atoms with Crippen molar-refractivity contribution in [1.82, 2.24) is 10.3 Å². The second-order valence-corrected chi connectivity index (χ2v) is 5.48. The number of hydrogen-bond donors (Lipinski definition) is 2. The molecule has 20 heavy (non-hydrogen) atoms. The third kappa shape index (κ3) is 3.55. The van der Waals surface area contributed by atoms with Crippen molar-refractivity contribution in [1.29, 1.82) is 0 Å². The van der Waals surface area contributed by atoms with Crippen molar-refractivity contribution in [3.05, 3.63) is 47.0 Å². The smallest absolute Gasteiger partial charge is 0.239 e. The molecule has 0 fully saturated rings. The van der Waals surface area contributed by atoms with E-state index in [0.717, 1.165) is 16.4 Å². The number of benzene rings is 1. The molecule has 1 aromatic carbocycles. The van der Waals surface area contributed by atoms with Gasteiger partial charge in [0.1, 0.15) is 6.04 Å². The fourth-order valence-corrected chi connectivity index (χ4v) is 2.58. The number of thiazole rings is 1. The van der Waals surface area contributed by atoms with Gasteiger partial charge in [-0.15, -0.1) is 11.3 Å². The zero-order chi connectivity index (χ0) is 14.5. The minimum absolute atomic E-state index is 0.390. The van der Waals surface area contributed by atoms with Gasteiger partial charge in [0, 0.05) is 26.0 Å². The molecule has 1 unspecified atom stereocenters. The zero-order valence-electron chi connectivity index (χ0n) is 11.5. The van der Waals surface area contributed by atoms with Crippen molar-refractivity contribution in [3.63, 3.8) is 0 Å². The fourth-order valence-electron chi connectivity index (χ4n) is 1.82. The van der Waals surface area contributed by atoms with E-state index in [-0.39, 0.29) is 5.91 Å². The summed E-state index contributed by atoms with van der Waals surface area (Å²) in [5, 5.41) is 6.07. The molecule has 0 spiro atoms. The maximum absolute atomic E-state index is 11.6. The van der Waals surface area contributed by atoms with E-state index in [1.807, 2.05) is 54.7 Å². The molecule has 1 aromatic heterocycles. The van der Waals surface area contributed by atoms with Crippen molar-refractivity contribution < 1.29 is 4.79 Å². The number of carbonyl (C=O) groups excluding carboxylic acids is 1. The number of aromatic nitrogens is 1. The van der Waals surface area contributed by atoms with Crippen LogP contribution in [0.4, 0.5) is 5.13 Å². The Morgan fingerprint density at radius 3 is 2.65 bits per heavy atom. The van der Waals surface area contributed by atoms with Crippen LogP contribution in [0.5, 0.6) is 0 Å². The second kappa shape index (κ2) is 6.49. The Kier molecular flexibility index (Phi) is 4.70. The highest BCUT2D eigenvalue weighted by Gasteiger charge is 2.17. The zero-order valence-corrected chi connectivity index (χ0v) is 12.4. The second-order valence-electron chi connectivity index (χ2n) is 4.64. The van der Waals surface area contributed by atoms with E-state index in [9.17, 15) is 4.79 Å². The van der Waals surface area contributed by atoms with Crippen molar-refractivity contribution in [2.24, 2.45) is 5.73 Å². The molecule has 0 aliphatic heterocycles. The average molecular weight is 290 g/mol. The van der Waals surface area contributed by atoms with Crippen molar-refractivity contribution in [3.8, 4) is 0 Å². The van der Waals surface area contributed by atoms with Gasteiger partial charge in [-0.25, -0.2) is 4.98 Å². The number of nitrogens with zero attached hydrogens (tertiary/aromatic N) is 2. The molecule has 2 aromatic rings. The quantitative estimate of drug-likeness (QED) is 0.846. The normalized spacial score (nSPS) is 12.1. The average Bonchev–Trinajstić information content (AvgIpc) is 2.89. The van der Waals surface area contributed by atoms with Crippen LogP contribution in [0, 0.1) is 0 Å². The highest BCUT2D eigenvalue weighted by molar-refractivity contribution is 7.13. The van der Waals surface area contributed by atoms with Crippen LogP contribution in [0.2, 0.25) is 0 Å². The van der Waals surface area contributed by atoms with Gasteiger partial charge >= 0.3 is 0 Å². The molecule has 1 atom stereocenters. The molecule has 6 heteroatoms. The highest BCUT2D eigenvalue weighted by atomic mass is 32.1. The van der Waals surface area contributed by atoms with Crippen LogP contribution in [-0.4, -0.2) is 25.0 Å². The molecule has 5 nitrogen and oxygen atoms in total. The Bertz CT molecular complexity index is 568. The summed E-state index contributed by atoms with van der Waals surface area (Å²) < 4.78 is 0. The summed E-state index contributed by atoms with van der Waals surface area (Å²) in [5.41, 5.74) is 7.23. The molecule has 0 aliphatic rings. The standard InChI is InChI=1S/C14H18N4OS/c1-18(2)14-17-11(9-20-14)8-16-12(13(15)19)10-6-4-3-5-7-10/h3-7,9,12,16H,8H2,1-2H3,(H2,15,19). The molecule has 106 valence electrons. The first-order valence-corrected chi connectivity index (χ1v) is 7.15.